The average Bonchev–Trinajstić information content (AvgIpc) is 2.40. The number of nitrogens with one attached hydrogen (secondary N) is 2. The van der Waals surface area contributed by atoms with Crippen LogP contribution in [0, 0.1) is 0 Å². The SMILES string of the molecule is CCCC.S=C1NCCN1. The highest BCUT2D eigenvalue weighted by molar-refractivity contribution is 7.80. The molecule has 1 heterocycles. The minimum atomic E-state index is 0.787. The van der Waals surface area contributed by atoms with Gasteiger partial charge in [0.1, 0.15) is 0 Å². The maximum Gasteiger partial charge on any atom is 0.166 e. The van der Waals surface area contributed by atoms with Gasteiger partial charge in [-0.15, -0.1) is 0 Å². The Morgan fingerprint density at radius 1 is 1.20 bits per heavy atom. The molecule has 1 rings (SSSR count). The molecule has 0 unspecified atom stereocenters. The van der Waals surface area contributed by atoms with E-state index in [0.29, 0.717) is 0 Å². The Morgan fingerprint density at radius 3 is 1.70 bits per heavy atom. The van der Waals surface area contributed by atoms with Crippen molar-refractivity contribution in [2.24, 2.45) is 0 Å². The van der Waals surface area contributed by atoms with Crippen molar-refractivity contribution in [1.29, 1.82) is 0 Å². The van der Waals surface area contributed by atoms with E-state index in [-0.39, 0.29) is 0 Å². The van der Waals surface area contributed by atoms with Gasteiger partial charge < -0.3 is 10.6 Å². The van der Waals surface area contributed by atoms with Gasteiger partial charge in [0.2, 0.25) is 0 Å². The van der Waals surface area contributed by atoms with Crippen LogP contribution < -0.4 is 10.6 Å². The molecule has 0 saturated carbocycles. The standard InChI is InChI=1S/C4H10.C3H6N2S/c1-3-4-2;6-3-4-1-2-5-3/h3-4H2,1-2H3;1-2H2,(H2,4,5,6). The summed E-state index contributed by atoms with van der Waals surface area (Å²) in [5.74, 6) is 0. The Bertz CT molecular complexity index is 83.6. The molecule has 0 aromatic carbocycles. The summed E-state index contributed by atoms with van der Waals surface area (Å²) in [5.41, 5.74) is 0. The van der Waals surface area contributed by atoms with Crippen LogP contribution in [0.4, 0.5) is 0 Å². The van der Waals surface area contributed by atoms with Gasteiger partial charge in [-0.2, -0.15) is 0 Å². The van der Waals surface area contributed by atoms with Gasteiger partial charge in [-0.05, 0) is 12.2 Å². The smallest absolute Gasteiger partial charge is 0.166 e. The first-order valence-corrected chi connectivity index (χ1v) is 4.23. The van der Waals surface area contributed by atoms with Crippen LogP contribution in [-0.4, -0.2) is 18.2 Å². The quantitative estimate of drug-likeness (QED) is 0.565. The summed E-state index contributed by atoms with van der Waals surface area (Å²) in [4.78, 5) is 0. The molecule has 0 aliphatic carbocycles. The van der Waals surface area contributed by atoms with Crippen LogP contribution in [0.1, 0.15) is 26.7 Å². The second kappa shape index (κ2) is 6.81. The molecule has 2 nitrogen and oxygen atoms in total. The van der Waals surface area contributed by atoms with Crippen molar-refractivity contribution in [3.05, 3.63) is 0 Å². The van der Waals surface area contributed by atoms with E-state index in [0.717, 1.165) is 18.2 Å². The maximum atomic E-state index is 4.70. The lowest BCUT2D eigenvalue weighted by Crippen LogP contribution is -2.19. The van der Waals surface area contributed by atoms with E-state index >= 15 is 0 Å². The van der Waals surface area contributed by atoms with Gasteiger partial charge in [0.05, 0.1) is 0 Å². The number of thiocarbonyl (C=S) groups is 1. The summed E-state index contributed by atoms with van der Waals surface area (Å²) in [6.45, 7) is 6.33. The molecule has 10 heavy (non-hydrogen) atoms. The van der Waals surface area contributed by atoms with Crippen molar-refractivity contribution in [1.82, 2.24) is 10.6 Å². The minimum absolute atomic E-state index is 0.787. The molecule has 0 bridgehead atoms. The predicted octanol–water partition coefficient (Wildman–Crippen LogP) is 1.27. The third-order valence-electron chi connectivity index (χ3n) is 1.20. The van der Waals surface area contributed by atoms with Crippen LogP contribution in [-0.2, 0) is 0 Å². The largest absolute Gasteiger partial charge is 0.361 e. The third kappa shape index (κ3) is 5.82. The predicted molar refractivity (Wildman–Crippen MR) is 49.2 cm³/mol. The molecule has 2 N–H and O–H groups in total. The topological polar surface area (TPSA) is 24.1 Å². The minimum Gasteiger partial charge on any atom is -0.361 e. The van der Waals surface area contributed by atoms with Gasteiger partial charge in [0, 0.05) is 13.1 Å². The van der Waals surface area contributed by atoms with Gasteiger partial charge in [-0.25, -0.2) is 0 Å². The van der Waals surface area contributed by atoms with Gasteiger partial charge in [0.15, 0.2) is 5.11 Å². The fraction of sp³-hybridized carbons (Fsp3) is 0.857. The van der Waals surface area contributed by atoms with Crippen LogP contribution >= 0.6 is 12.2 Å². The Kier molecular flexibility index (Phi) is 6.59. The molecular weight excluding hydrogens is 144 g/mol. The summed E-state index contributed by atoms with van der Waals surface area (Å²) in [5, 5.41) is 6.67. The van der Waals surface area contributed by atoms with Gasteiger partial charge in [-0.1, -0.05) is 26.7 Å². The Hall–Kier alpha value is -0.310. The first-order valence-electron chi connectivity index (χ1n) is 3.83. The van der Waals surface area contributed by atoms with Gasteiger partial charge in [0.25, 0.3) is 0 Å². The number of unbranched alkanes of at least 4 members (excludes halogenated alkanes) is 1. The second-order valence-electron chi connectivity index (χ2n) is 2.18. The highest BCUT2D eigenvalue weighted by atomic mass is 32.1. The molecule has 1 aliphatic rings. The molecule has 60 valence electrons. The van der Waals surface area contributed by atoms with Crippen LogP contribution in [0.2, 0.25) is 0 Å². The number of hydrogen-bond donors (Lipinski definition) is 2. The van der Waals surface area contributed by atoms with E-state index in [9.17, 15) is 0 Å². The third-order valence-corrected chi connectivity index (χ3v) is 1.48. The highest BCUT2D eigenvalue weighted by Gasteiger charge is 1.98. The number of rotatable bonds is 1. The van der Waals surface area contributed by atoms with E-state index in [1.54, 1.807) is 0 Å². The zero-order valence-electron chi connectivity index (χ0n) is 6.74. The first kappa shape index (κ1) is 9.69. The molecule has 3 heteroatoms. The fourth-order valence-electron chi connectivity index (χ4n) is 0.415. The van der Waals surface area contributed by atoms with Crippen LogP contribution in [0.15, 0.2) is 0 Å². The fourth-order valence-corrected chi connectivity index (χ4v) is 0.619. The molecule has 1 saturated heterocycles. The van der Waals surface area contributed by atoms with E-state index in [2.05, 4.69) is 24.5 Å². The lowest BCUT2D eigenvalue weighted by atomic mass is 10.4. The molecule has 1 fully saturated rings. The van der Waals surface area contributed by atoms with E-state index in [1.165, 1.54) is 12.8 Å². The first-order chi connectivity index (χ1) is 4.81. The van der Waals surface area contributed by atoms with Crippen LogP contribution in [0.5, 0.6) is 0 Å². The van der Waals surface area contributed by atoms with Crippen molar-refractivity contribution in [2.45, 2.75) is 26.7 Å². The monoisotopic (exact) mass is 160 g/mol. The van der Waals surface area contributed by atoms with Gasteiger partial charge >= 0.3 is 0 Å². The normalized spacial score (nSPS) is 14.8. The molecule has 0 atom stereocenters. The number of hydrogen-bond acceptors (Lipinski definition) is 1. The summed E-state index contributed by atoms with van der Waals surface area (Å²) >= 11 is 4.70. The molecular formula is C7H16N2S. The zero-order chi connectivity index (χ0) is 7.82. The summed E-state index contributed by atoms with van der Waals surface area (Å²) in [6.07, 6.45) is 2.64. The summed E-state index contributed by atoms with van der Waals surface area (Å²) in [7, 11) is 0. The van der Waals surface area contributed by atoms with E-state index < -0.39 is 0 Å². The lowest BCUT2D eigenvalue weighted by molar-refractivity contribution is 0.886. The molecule has 0 aromatic rings. The molecule has 0 amide bonds. The van der Waals surface area contributed by atoms with Crippen molar-refractivity contribution in [2.75, 3.05) is 13.1 Å². The summed E-state index contributed by atoms with van der Waals surface area (Å²) in [6, 6.07) is 0. The van der Waals surface area contributed by atoms with Crippen molar-refractivity contribution in [3.8, 4) is 0 Å². The highest BCUT2D eigenvalue weighted by Crippen LogP contribution is 1.76. The van der Waals surface area contributed by atoms with E-state index in [1.807, 2.05) is 0 Å². The zero-order valence-corrected chi connectivity index (χ0v) is 7.55. The van der Waals surface area contributed by atoms with Crippen molar-refractivity contribution < 1.29 is 0 Å². The Balaban J connectivity index is 0.000000180. The summed E-state index contributed by atoms with van der Waals surface area (Å²) < 4.78 is 0. The van der Waals surface area contributed by atoms with Crippen LogP contribution in [0.3, 0.4) is 0 Å². The van der Waals surface area contributed by atoms with Crippen molar-refractivity contribution in [3.63, 3.8) is 0 Å². The molecule has 0 aromatic heterocycles. The molecule has 0 radical (unpaired) electrons. The Labute approximate surface area is 68.4 Å². The lowest BCUT2D eigenvalue weighted by Gasteiger charge is -1.85. The average molecular weight is 160 g/mol. The van der Waals surface area contributed by atoms with Crippen molar-refractivity contribution >= 4 is 17.3 Å². The van der Waals surface area contributed by atoms with Crippen LogP contribution in [0.25, 0.3) is 0 Å². The van der Waals surface area contributed by atoms with Gasteiger partial charge in [-0.3, -0.25) is 0 Å². The van der Waals surface area contributed by atoms with E-state index in [4.69, 9.17) is 12.2 Å². The Morgan fingerprint density at radius 2 is 1.60 bits per heavy atom. The molecule has 1 aliphatic heterocycles. The molecule has 0 spiro atoms. The second-order valence-corrected chi connectivity index (χ2v) is 2.59. The maximum absolute atomic E-state index is 4.70.